The number of aliphatic carboxylic acids is 1. The van der Waals surface area contributed by atoms with Crippen molar-refractivity contribution in [3.8, 4) is 0 Å². The van der Waals surface area contributed by atoms with Gasteiger partial charge in [-0.2, -0.15) is 5.10 Å². The number of carboxylic acid groups (broad SMARTS) is 1. The standard InChI is InChI=1S/C9H12N8O3/c18-8(19)4-17-3-6(14-16-17)1-10-9(20)11-2-7-12-5-13-15-7/h3,5H,1-2,4H2,(H,18,19)(H2,10,11,20)(H,12,13,15). The first-order valence-corrected chi connectivity index (χ1v) is 5.60. The first-order valence-electron chi connectivity index (χ1n) is 5.60. The summed E-state index contributed by atoms with van der Waals surface area (Å²) in [4.78, 5) is 25.8. The van der Waals surface area contributed by atoms with Gasteiger partial charge in [-0.15, -0.1) is 5.10 Å². The summed E-state index contributed by atoms with van der Waals surface area (Å²) in [6, 6.07) is -0.408. The highest BCUT2D eigenvalue weighted by molar-refractivity contribution is 5.73. The molecule has 2 aromatic heterocycles. The predicted molar refractivity (Wildman–Crippen MR) is 63.1 cm³/mol. The molecular formula is C9H12N8O3. The number of carbonyl (C=O) groups excluding carboxylic acids is 1. The summed E-state index contributed by atoms with van der Waals surface area (Å²) in [5.74, 6) is -0.480. The molecule has 0 atom stereocenters. The van der Waals surface area contributed by atoms with E-state index < -0.39 is 12.0 Å². The van der Waals surface area contributed by atoms with Crippen molar-refractivity contribution < 1.29 is 14.7 Å². The summed E-state index contributed by atoms with van der Waals surface area (Å²) in [5.41, 5.74) is 0.459. The van der Waals surface area contributed by atoms with Gasteiger partial charge in [-0.05, 0) is 0 Å². The van der Waals surface area contributed by atoms with Crippen LogP contribution in [-0.2, 0) is 24.4 Å². The average molecular weight is 280 g/mol. The number of nitrogens with zero attached hydrogens (tertiary/aromatic N) is 5. The highest BCUT2D eigenvalue weighted by Gasteiger charge is 2.06. The number of carboxylic acids is 1. The van der Waals surface area contributed by atoms with Crippen LogP contribution in [0, 0.1) is 0 Å². The Labute approximate surface area is 112 Å². The number of hydrogen-bond donors (Lipinski definition) is 4. The van der Waals surface area contributed by atoms with Crippen molar-refractivity contribution in [2.75, 3.05) is 0 Å². The van der Waals surface area contributed by atoms with Crippen LogP contribution in [0.2, 0.25) is 0 Å². The highest BCUT2D eigenvalue weighted by Crippen LogP contribution is 1.92. The fourth-order valence-electron chi connectivity index (χ4n) is 1.35. The number of hydrogen-bond acceptors (Lipinski definition) is 6. The van der Waals surface area contributed by atoms with E-state index in [0.717, 1.165) is 0 Å². The van der Waals surface area contributed by atoms with Gasteiger partial charge < -0.3 is 15.7 Å². The van der Waals surface area contributed by atoms with Crippen molar-refractivity contribution in [1.29, 1.82) is 0 Å². The van der Waals surface area contributed by atoms with Gasteiger partial charge in [0.2, 0.25) is 0 Å². The molecule has 0 saturated carbocycles. The van der Waals surface area contributed by atoms with Crippen LogP contribution in [0.1, 0.15) is 11.5 Å². The molecule has 0 fully saturated rings. The van der Waals surface area contributed by atoms with Crippen LogP contribution < -0.4 is 10.6 Å². The minimum atomic E-state index is -1.01. The molecule has 0 spiro atoms. The van der Waals surface area contributed by atoms with E-state index in [9.17, 15) is 9.59 Å². The van der Waals surface area contributed by atoms with Gasteiger partial charge in [-0.25, -0.2) is 14.5 Å². The maximum atomic E-state index is 11.5. The summed E-state index contributed by atoms with van der Waals surface area (Å²) in [6.45, 7) is 0.0874. The largest absolute Gasteiger partial charge is 0.480 e. The van der Waals surface area contributed by atoms with Crippen LogP contribution >= 0.6 is 0 Å². The maximum Gasteiger partial charge on any atom is 0.325 e. The second-order valence-electron chi connectivity index (χ2n) is 3.77. The monoisotopic (exact) mass is 280 g/mol. The van der Waals surface area contributed by atoms with Crippen LogP contribution in [0.15, 0.2) is 12.5 Å². The smallest absolute Gasteiger partial charge is 0.325 e. The van der Waals surface area contributed by atoms with Gasteiger partial charge in [0.15, 0.2) is 0 Å². The Kier molecular flexibility index (Phi) is 4.21. The Hall–Kier alpha value is -2.98. The molecule has 0 unspecified atom stereocenters. The van der Waals surface area contributed by atoms with Crippen molar-refractivity contribution in [2.45, 2.75) is 19.6 Å². The third-order valence-electron chi connectivity index (χ3n) is 2.19. The van der Waals surface area contributed by atoms with Gasteiger partial charge in [0, 0.05) is 0 Å². The Morgan fingerprint density at radius 3 is 2.85 bits per heavy atom. The lowest BCUT2D eigenvalue weighted by atomic mass is 10.4. The molecule has 0 aliphatic carbocycles. The Bertz CT molecular complexity index is 578. The van der Waals surface area contributed by atoms with Gasteiger partial charge in [0.25, 0.3) is 0 Å². The summed E-state index contributed by atoms with van der Waals surface area (Å²) >= 11 is 0. The van der Waals surface area contributed by atoms with E-state index in [2.05, 4.69) is 36.1 Å². The number of aromatic amines is 1. The quantitative estimate of drug-likeness (QED) is 0.501. The fourth-order valence-corrected chi connectivity index (χ4v) is 1.35. The van der Waals surface area contributed by atoms with Gasteiger partial charge >= 0.3 is 12.0 Å². The van der Waals surface area contributed by atoms with Crippen LogP contribution in [-0.4, -0.2) is 47.3 Å². The average Bonchev–Trinajstić information content (AvgIpc) is 3.04. The minimum absolute atomic E-state index is 0.141. The minimum Gasteiger partial charge on any atom is -0.480 e. The van der Waals surface area contributed by atoms with Crippen molar-refractivity contribution in [1.82, 2.24) is 40.8 Å². The molecule has 11 nitrogen and oxygen atoms in total. The second-order valence-corrected chi connectivity index (χ2v) is 3.77. The molecule has 2 amide bonds. The fraction of sp³-hybridized carbons (Fsp3) is 0.333. The maximum absolute atomic E-state index is 11.5. The van der Waals surface area contributed by atoms with E-state index in [1.807, 2.05) is 0 Å². The normalized spacial score (nSPS) is 10.2. The lowest BCUT2D eigenvalue weighted by Crippen LogP contribution is -2.34. The molecule has 2 rings (SSSR count). The zero-order valence-corrected chi connectivity index (χ0v) is 10.3. The van der Waals surface area contributed by atoms with Crippen LogP contribution in [0.4, 0.5) is 4.79 Å². The molecule has 4 N–H and O–H groups in total. The second kappa shape index (κ2) is 6.26. The third-order valence-corrected chi connectivity index (χ3v) is 2.19. The molecule has 0 aliphatic rings. The molecule has 2 aromatic rings. The van der Waals surface area contributed by atoms with Gasteiger partial charge in [-0.1, -0.05) is 5.21 Å². The number of aromatic nitrogens is 6. The highest BCUT2D eigenvalue weighted by atomic mass is 16.4. The van der Waals surface area contributed by atoms with Crippen molar-refractivity contribution in [3.05, 3.63) is 24.0 Å². The first-order chi connectivity index (χ1) is 9.63. The topological polar surface area (TPSA) is 151 Å². The Balaban J connectivity index is 1.72. The number of amides is 2. The molecule has 2 heterocycles. The van der Waals surface area contributed by atoms with E-state index >= 15 is 0 Å². The Morgan fingerprint density at radius 2 is 2.15 bits per heavy atom. The number of nitrogens with one attached hydrogen (secondary N) is 3. The van der Waals surface area contributed by atoms with Crippen LogP contribution in [0.5, 0.6) is 0 Å². The molecule has 0 radical (unpaired) electrons. The zero-order valence-electron chi connectivity index (χ0n) is 10.3. The summed E-state index contributed by atoms with van der Waals surface area (Å²) in [5, 5.41) is 27.3. The molecule has 20 heavy (non-hydrogen) atoms. The first kappa shape index (κ1) is 13.5. The number of H-pyrrole nitrogens is 1. The van der Waals surface area contributed by atoms with Crippen molar-refractivity contribution >= 4 is 12.0 Å². The summed E-state index contributed by atoms with van der Waals surface area (Å²) in [6.07, 6.45) is 2.79. The van der Waals surface area contributed by atoms with E-state index in [1.165, 1.54) is 17.2 Å². The Morgan fingerprint density at radius 1 is 1.35 bits per heavy atom. The van der Waals surface area contributed by atoms with Crippen LogP contribution in [0.25, 0.3) is 0 Å². The van der Waals surface area contributed by atoms with E-state index in [4.69, 9.17) is 5.11 Å². The van der Waals surface area contributed by atoms with Gasteiger partial charge in [-0.3, -0.25) is 9.89 Å². The predicted octanol–water partition coefficient (Wildman–Crippen LogP) is -1.52. The SMILES string of the molecule is O=C(O)Cn1cc(CNC(=O)NCc2ncn[nH]2)nn1. The van der Waals surface area contributed by atoms with Crippen molar-refractivity contribution in [2.24, 2.45) is 0 Å². The number of carbonyl (C=O) groups is 2. The van der Waals surface area contributed by atoms with E-state index in [1.54, 1.807) is 0 Å². The molecule has 0 aromatic carbocycles. The van der Waals surface area contributed by atoms with Gasteiger partial charge in [0.05, 0.1) is 19.3 Å². The molecule has 0 aliphatic heterocycles. The molecule has 0 saturated heterocycles. The molecule has 11 heteroatoms. The third kappa shape index (κ3) is 4.04. The number of rotatable bonds is 6. The molecular weight excluding hydrogens is 268 g/mol. The zero-order chi connectivity index (χ0) is 14.4. The van der Waals surface area contributed by atoms with Crippen molar-refractivity contribution in [3.63, 3.8) is 0 Å². The molecule has 106 valence electrons. The van der Waals surface area contributed by atoms with E-state index in [0.29, 0.717) is 11.5 Å². The van der Waals surface area contributed by atoms with Crippen LogP contribution in [0.3, 0.4) is 0 Å². The van der Waals surface area contributed by atoms with E-state index in [-0.39, 0.29) is 19.6 Å². The lowest BCUT2D eigenvalue weighted by molar-refractivity contribution is -0.137. The molecule has 0 bridgehead atoms. The number of urea groups is 1. The lowest BCUT2D eigenvalue weighted by Gasteiger charge is -2.03. The van der Waals surface area contributed by atoms with Gasteiger partial charge in [0.1, 0.15) is 24.4 Å². The summed E-state index contributed by atoms with van der Waals surface area (Å²) < 4.78 is 1.17. The summed E-state index contributed by atoms with van der Waals surface area (Å²) in [7, 11) is 0.